The molecule has 9 heteroatoms. The summed E-state index contributed by atoms with van der Waals surface area (Å²) in [4.78, 5) is 30.1. The summed E-state index contributed by atoms with van der Waals surface area (Å²) >= 11 is 0. The highest BCUT2D eigenvalue weighted by atomic mass is 19.1. The van der Waals surface area contributed by atoms with E-state index in [4.69, 9.17) is 9.47 Å². The average molecular weight is 499 g/mol. The number of imidazole rings is 1. The van der Waals surface area contributed by atoms with E-state index in [2.05, 4.69) is 10.1 Å². The normalized spacial score (nSPS) is 14.8. The smallest absolute Gasteiger partial charge is 0.357 e. The minimum absolute atomic E-state index is 0.112. The maximum atomic E-state index is 13.3. The lowest BCUT2D eigenvalue weighted by atomic mass is 9.98. The second kappa shape index (κ2) is 10.4. The summed E-state index contributed by atoms with van der Waals surface area (Å²) in [5, 5.41) is 5.97. The quantitative estimate of drug-likeness (QED) is 0.349. The molecule has 37 heavy (non-hydrogen) atoms. The van der Waals surface area contributed by atoms with Gasteiger partial charge in [0.05, 0.1) is 31.4 Å². The van der Waals surface area contributed by atoms with Gasteiger partial charge in [-0.3, -0.25) is 9.36 Å². The minimum atomic E-state index is -0.734. The van der Waals surface area contributed by atoms with Crippen LogP contribution in [0.15, 0.2) is 96.5 Å². The Labute approximate surface area is 212 Å². The second-order valence-corrected chi connectivity index (χ2v) is 8.35. The van der Waals surface area contributed by atoms with Gasteiger partial charge in [0.2, 0.25) is 0 Å². The highest BCUT2D eigenvalue weighted by Gasteiger charge is 2.33. The molecule has 0 radical (unpaired) electrons. The van der Waals surface area contributed by atoms with Crippen LogP contribution in [0.4, 0.5) is 4.39 Å². The van der Waals surface area contributed by atoms with Crippen LogP contribution in [-0.2, 0) is 9.53 Å². The highest BCUT2D eigenvalue weighted by Crippen LogP contribution is 2.33. The number of carbonyl (C=O) groups is 2. The zero-order valence-electron chi connectivity index (χ0n) is 20.0. The van der Waals surface area contributed by atoms with Crippen molar-refractivity contribution in [3.8, 4) is 11.4 Å². The van der Waals surface area contributed by atoms with Gasteiger partial charge in [-0.1, -0.05) is 42.5 Å². The number of aromatic nitrogens is 2. The molecular formula is C28H23FN4O4. The fraction of sp³-hybridized carbons (Fsp3) is 0.143. The Balaban J connectivity index is 1.34. The summed E-state index contributed by atoms with van der Waals surface area (Å²) in [6.45, 7) is -0.508. The number of carbonyl (C=O) groups excluding carboxylic acids is 2. The predicted molar refractivity (Wildman–Crippen MR) is 134 cm³/mol. The van der Waals surface area contributed by atoms with E-state index in [1.54, 1.807) is 7.11 Å². The maximum absolute atomic E-state index is 13.3. The van der Waals surface area contributed by atoms with Crippen LogP contribution in [-0.4, -0.2) is 45.9 Å². The van der Waals surface area contributed by atoms with Crippen LogP contribution in [0.25, 0.3) is 5.69 Å². The van der Waals surface area contributed by atoms with Gasteiger partial charge in [-0.15, -0.1) is 0 Å². The number of hydrogen-bond acceptors (Lipinski definition) is 6. The van der Waals surface area contributed by atoms with Crippen molar-refractivity contribution in [1.82, 2.24) is 14.6 Å². The first-order chi connectivity index (χ1) is 18.0. The Morgan fingerprint density at radius 3 is 2.43 bits per heavy atom. The van der Waals surface area contributed by atoms with E-state index in [-0.39, 0.29) is 11.7 Å². The molecule has 1 atom stereocenters. The van der Waals surface area contributed by atoms with Crippen molar-refractivity contribution >= 4 is 17.6 Å². The lowest BCUT2D eigenvalue weighted by Gasteiger charge is -2.22. The van der Waals surface area contributed by atoms with E-state index >= 15 is 0 Å². The highest BCUT2D eigenvalue weighted by molar-refractivity contribution is 6.03. The molecule has 0 aliphatic carbocycles. The van der Waals surface area contributed by atoms with Crippen molar-refractivity contribution in [3.05, 3.63) is 114 Å². The number of rotatable bonds is 7. The predicted octanol–water partition coefficient (Wildman–Crippen LogP) is 4.55. The van der Waals surface area contributed by atoms with E-state index < -0.39 is 24.3 Å². The number of esters is 1. The molecule has 3 aromatic carbocycles. The number of benzene rings is 3. The van der Waals surface area contributed by atoms with E-state index in [1.807, 2.05) is 54.6 Å². The number of nitrogens with zero attached hydrogens (tertiary/aromatic N) is 4. The number of halogens is 1. The average Bonchev–Trinajstić information content (AvgIpc) is 3.61. The van der Waals surface area contributed by atoms with Gasteiger partial charge in [-0.05, 0) is 47.5 Å². The summed E-state index contributed by atoms with van der Waals surface area (Å²) < 4.78 is 25.4. The maximum Gasteiger partial charge on any atom is 0.357 e. The second-order valence-electron chi connectivity index (χ2n) is 8.35. The standard InChI is InChI=1S/C28H23FN4O4/c1-36-23-13-7-20(8-14-23)25-15-24(19-5-3-2-4-6-19)31-33(25)27(34)17-37-28(35)26-16-30-18-32(26)22-11-9-21(29)10-12-22/h2-14,16,18,25H,15,17H2,1H3. The molecule has 0 bridgehead atoms. The number of amides is 1. The van der Waals surface area contributed by atoms with Crippen molar-refractivity contribution in [3.63, 3.8) is 0 Å². The molecule has 1 aromatic heterocycles. The summed E-state index contributed by atoms with van der Waals surface area (Å²) in [6, 6.07) is 22.3. The Morgan fingerprint density at radius 1 is 1.00 bits per heavy atom. The molecule has 0 N–H and O–H groups in total. The van der Waals surface area contributed by atoms with Crippen LogP contribution in [0.5, 0.6) is 5.75 Å². The fourth-order valence-electron chi connectivity index (χ4n) is 4.15. The zero-order chi connectivity index (χ0) is 25.8. The first kappa shape index (κ1) is 23.9. The molecule has 0 saturated heterocycles. The summed E-state index contributed by atoms with van der Waals surface area (Å²) in [7, 11) is 1.59. The summed E-state index contributed by atoms with van der Waals surface area (Å²) in [5.74, 6) is -0.892. The number of methoxy groups -OCH3 is 1. The third kappa shape index (κ3) is 5.11. The molecule has 0 spiro atoms. The van der Waals surface area contributed by atoms with Crippen molar-refractivity contribution in [1.29, 1.82) is 0 Å². The molecule has 1 aliphatic rings. The lowest BCUT2D eigenvalue weighted by Crippen LogP contribution is -2.31. The lowest BCUT2D eigenvalue weighted by molar-refractivity contribution is -0.136. The molecule has 0 fully saturated rings. The Morgan fingerprint density at radius 2 is 1.73 bits per heavy atom. The van der Waals surface area contributed by atoms with Crippen molar-refractivity contribution in [2.75, 3.05) is 13.7 Å². The van der Waals surface area contributed by atoms with Crippen LogP contribution < -0.4 is 4.74 Å². The summed E-state index contributed by atoms with van der Waals surface area (Å²) in [5.41, 5.74) is 3.20. The van der Waals surface area contributed by atoms with Crippen LogP contribution >= 0.6 is 0 Å². The summed E-state index contributed by atoms with van der Waals surface area (Å²) in [6.07, 6.45) is 3.26. The van der Waals surface area contributed by atoms with Gasteiger partial charge in [-0.2, -0.15) is 5.10 Å². The van der Waals surface area contributed by atoms with E-state index in [0.717, 1.165) is 16.8 Å². The van der Waals surface area contributed by atoms with Gasteiger partial charge in [-0.25, -0.2) is 19.2 Å². The molecule has 2 heterocycles. The van der Waals surface area contributed by atoms with Crippen LogP contribution in [0, 0.1) is 5.82 Å². The van der Waals surface area contributed by atoms with E-state index in [1.165, 1.54) is 46.4 Å². The molecule has 4 aromatic rings. The molecule has 5 rings (SSSR count). The molecule has 0 saturated carbocycles. The zero-order valence-corrected chi connectivity index (χ0v) is 20.0. The first-order valence-electron chi connectivity index (χ1n) is 11.6. The first-order valence-corrected chi connectivity index (χ1v) is 11.6. The van der Waals surface area contributed by atoms with Crippen molar-refractivity contribution in [2.45, 2.75) is 12.5 Å². The number of hydrazone groups is 1. The fourth-order valence-corrected chi connectivity index (χ4v) is 4.15. The monoisotopic (exact) mass is 498 g/mol. The van der Waals surface area contributed by atoms with E-state index in [9.17, 15) is 14.0 Å². The Hall–Kier alpha value is -4.79. The van der Waals surface area contributed by atoms with Gasteiger partial charge in [0.1, 0.15) is 11.6 Å². The molecule has 186 valence electrons. The third-order valence-corrected chi connectivity index (χ3v) is 6.05. The van der Waals surface area contributed by atoms with Gasteiger partial charge < -0.3 is 9.47 Å². The van der Waals surface area contributed by atoms with E-state index in [0.29, 0.717) is 17.9 Å². The van der Waals surface area contributed by atoms with Gasteiger partial charge >= 0.3 is 5.97 Å². The minimum Gasteiger partial charge on any atom is -0.497 e. The molecule has 8 nitrogen and oxygen atoms in total. The van der Waals surface area contributed by atoms with Gasteiger partial charge in [0.15, 0.2) is 12.3 Å². The van der Waals surface area contributed by atoms with Crippen molar-refractivity contribution < 1.29 is 23.5 Å². The Kier molecular flexibility index (Phi) is 6.76. The topological polar surface area (TPSA) is 86.0 Å². The largest absolute Gasteiger partial charge is 0.497 e. The third-order valence-electron chi connectivity index (χ3n) is 6.05. The molecule has 1 unspecified atom stereocenters. The SMILES string of the molecule is COc1ccc(C2CC(c3ccccc3)=NN2C(=O)COC(=O)c2cncn2-c2ccc(F)cc2)cc1. The van der Waals surface area contributed by atoms with Crippen molar-refractivity contribution in [2.24, 2.45) is 5.10 Å². The van der Waals surface area contributed by atoms with Crippen LogP contribution in [0.2, 0.25) is 0 Å². The van der Waals surface area contributed by atoms with Gasteiger partial charge in [0, 0.05) is 12.1 Å². The Bertz CT molecular complexity index is 1430. The molecule has 1 aliphatic heterocycles. The molecule has 1 amide bonds. The van der Waals surface area contributed by atoms with Crippen LogP contribution in [0.3, 0.4) is 0 Å². The number of ether oxygens (including phenoxy) is 2. The molecular weight excluding hydrogens is 475 g/mol. The van der Waals surface area contributed by atoms with Crippen LogP contribution in [0.1, 0.15) is 34.1 Å². The van der Waals surface area contributed by atoms with Gasteiger partial charge in [0.25, 0.3) is 5.91 Å². The number of hydrogen-bond donors (Lipinski definition) is 0.